The third-order valence-corrected chi connectivity index (χ3v) is 7.23. The molecule has 0 aliphatic heterocycles. The number of nitrogens with zero attached hydrogens (tertiary/aromatic N) is 4. The molecule has 1 fully saturated rings. The van der Waals surface area contributed by atoms with Crippen LogP contribution in [0.2, 0.25) is 0 Å². The van der Waals surface area contributed by atoms with Gasteiger partial charge in [0, 0.05) is 17.5 Å². The molecular formula is C23H19F6N5O4S. The molecule has 0 radical (unpaired) electrons. The first kappa shape index (κ1) is 28.2. The summed E-state index contributed by atoms with van der Waals surface area (Å²) in [5.41, 5.74) is -5.31. The highest BCUT2D eigenvalue weighted by Gasteiger charge is 2.65. The number of anilines is 1. The number of rotatable bonds is 6. The summed E-state index contributed by atoms with van der Waals surface area (Å²) in [5.74, 6) is -2.28. The second-order valence-corrected chi connectivity index (χ2v) is 11.0. The van der Waals surface area contributed by atoms with Crippen LogP contribution in [0.25, 0.3) is 0 Å². The summed E-state index contributed by atoms with van der Waals surface area (Å²) in [6.45, 7) is 2.30. The molecule has 0 saturated heterocycles. The Labute approximate surface area is 217 Å². The van der Waals surface area contributed by atoms with Crippen molar-refractivity contribution in [2.45, 2.75) is 49.4 Å². The van der Waals surface area contributed by atoms with Crippen LogP contribution >= 0.6 is 0 Å². The van der Waals surface area contributed by atoms with Crippen LogP contribution in [0.4, 0.5) is 32.0 Å². The lowest BCUT2D eigenvalue weighted by Crippen LogP contribution is -2.30. The van der Waals surface area contributed by atoms with Gasteiger partial charge in [-0.1, -0.05) is 6.07 Å². The highest BCUT2D eigenvalue weighted by Crippen LogP contribution is 2.58. The van der Waals surface area contributed by atoms with E-state index >= 15 is 0 Å². The minimum Gasteiger partial charge on any atom is -0.416 e. The molecule has 1 aliphatic rings. The van der Waals surface area contributed by atoms with E-state index in [9.17, 15) is 39.6 Å². The highest BCUT2D eigenvalue weighted by molar-refractivity contribution is 7.90. The minimum atomic E-state index is -4.99. The van der Waals surface area contributed by atoms with Gasteiger partial charge in [-0.2, -0.15) is 31.4 Å². The van der Waals surface area contributed by atoms with Crippen molar-refractivity contribution in [2.24, 2.45) is 0 Å². The fraction of sp³-hybridized carbons (Fsp3) is 0.348. The molecule has 16 heteroatoms. The van der Waals surface area contributed by atoms with Gasteiger partial charge in [-0.3, -0.25) is 4.79 Å². The Bertz CT molecular complexity index is 1570. The molecule has 0 unspecified atom stereocenters. The molecule has 0 atom stereocenters. The van der Waals surface area contributed by atoms with Gasteiger partial charge in [-0.15, -0.1) is 15.3 Å². The second kappa shape index (κ2) is 9.43. The van der Waals surface area contributed by atoms with E-state index in [1.54, 1.807) is 0 Å². The number of aromatic nitrogens is 4. The first-order valence-corrected chi connectivity index (χ1v) is 13.0. The van der Waals surface area contributed by atoms with E-state index in [1.165, 1.54) is 25.1 Å². The number of sulfone groups is 1. The molecule has 2 heterocycles. The number of carbonyl (C=O) groups is 1. The molecule has 0 bridgehead atoms. The molecular weight excluding hydrogens is 556 g/mol. The maximum Gasteiger partial charge on any atom is 0.435 e. The highest BCUT2D eigenvalue weighted by atomic mass is 32.2. The van der Waals surface area contributed by atoms with E-state index in [2.05, 4.69) is 25.7 Å². The Morgan fingerprint density at radius 1 is 0.974 bits per heavy atom. The normalized spacial score (nSPS) is 15.1. The predicted octanol–water partition coefficient (Wildman–Crippen LogP) is 4.94. The summed E-state index contributed by atoms with van der Waals surface area (Å²) in [4.78, 5) is 13.0. The molecule has 39 heavy (non-hydrogen) atoms. The number of aryl methyl sites for hydroxylation is 1. The lowest BCUT2D eigenvalue weighted by atomic mass is 10.0. The standard InChI is InChI=1S/C23H19F6N5O4S/c1-11-9-15(21(7-8-21)23(27,28)29)31-33-19(11)38-20-16(12(2)17(32-34-20)22(24,25)26)18(35)30-13-5-4-6-14(10-13)39(3,36)37/h4-6,9-10H,7-8H2,1-3H3,(H,30,35). The van der Waals surface area contributed by atoms with Crippen LogP contribution in [0.5, 0.6) is 11.8 Å². The van der Waals surface area contributed by atoms with Gasteiger partial charge in [0.1, 0.15) is 11.0 Å². The van der Waals surface area contributed by atoms with Crippen molar-refractivity contribution in [1.29, 1.82) is 0 Å². The van der Waals surface area contributed by atoms with Gasteiger partial charge in [0.05, 0.1) is 10.6 Å². The number of ether oxygens (including phenoxy) is 1. The monoisotopic (exact) mass is 575 g/mol. The average Bonchev–Trinajstić information content (AvgIpc) is 3.61. The van der Waals surface area contributed by atoms with Crippen molar-refractivity contribution in [3.63, 3.8) is 0 Å². The Kier molecular flexibility index (Phi) is 6.82. The van der Waals surface area contributed by atoms with E-state index in [0.29, 0.717) is 0 Å². The van der Waals surface area contributed by atoms with Crippen LogP contribution in [-0.4, -0.2) is 47.2 Å². The molecule has 208 valence electrons. The van der Waals surface area contributed by atoms with Gasteiger partial charge in [0.25, 0.3) is 11.8 Å². The van der Waals surface area contributed by atoms with Crippen molar-refractivity contribution in [3.8, 4) is 11.8 Å². The second-order valence-electron chi connectivity index (χ2n) is 9.01. The van der Waals surface area contributed by atoms with Crippen LogP contribution in [0.15, 0.2) is 35.2 Å². The summed E-state index contributed by atoms with van der Waals surface area (Å²) in [7, 11) is -3.67. The molecule has 0 spiro atoms. The van der Waals surface area contributed by atoms with Crippen LogP contribution in [0.1, 0.15) is 45.7 Å². The summed E-state index contributed by atoms with van der Waals surface area (Å²) in [6.07, 6.45) is -8.94. The molecule has 1 amide bonds. The first-order valence-electron chi connectivity index (χ1n) is 11.1. The zero-order chi connectivity index (χ0) is 29.0. The smallest absolute Gasteiger partial charge is 0.416 e. The lowest BCUT2D eigenvalue weighted by molar-refractivity contribution is -0.161. The number of halogens is 6. The number of amides is 1. The average molecular weight is 575 g/mol. The van der Waals surface area contributed by atoms with E-state index in [-0.39, 0.29) is 34.7 Å². The fourth-order valence-corrected chi connectivity index (χ4v) is 4.48. The van der Waals surface area contributed by atoms with Crippen molar-refractivity contribution < 1.29 is 44.3 Å². The fourth-order valence-electron chi connectivity index (χ4n) is 3.82. The topological polar surface area (TPSA) is 124 Å². The Hall–Kier alpha value is -3.82. The van der Waals surface area contributed by atoms with Gasteiger partial charge in [-0.05, 0) is 56.5 Å². The number of hydrogen-bond donors (Lipinski definition) is 1. The third kappa shape index (κ3) is 5.51. The minimum absolute atomic E-state index is 0.0548. The molecule has 9 nitrogen and oxygen atoms in total. The van der Waals surface area contributed by atoms with Gasteiger partial charge in [-0.25, -0.2) is 8.42 Å². The largest absolute Gasteiger partial charge is 0.435 e. The van der Waals surface area contributed by atoms with E-state index < -0.39 is 62.1 Å². The molecule has 3 aromatic rings. The van der Waals surface area contributed by atoms with E-state index in [0.717, 1.165) is 25.3 Å². The molecule has 1 saturated carbocycles. The first-order chi connectivity index (χ1) is 17.9. The van der Waals surface area contributed by atoms with Gasteiger partial charge < -0.3 is 10.1 Å². The molecule has 4 rings (SSSR count). The number of alkyl halides is 6. The van der Waals surface area contributed by atoms with Gasteiger partial charge in [0.15, 0.2) is 15.5 Å². The van der Waals surface area contributed by atoms with Crippen molar-refractivity contribution >= 4 is 21.4 Å². The third-order valence-electron chi connectivity index (χ3n) is 6.12. The summed E-state index contributed by atoms with van der Waals surface area (Å²) in [5, 5.41) is 16.1. The summed E-state index contributed by atoms with van der Waals surface area (Å²) in [6, 6.07) is 6.09. The van der Waals surface area contributed by atoms with Gasteiger partial charge in [0.2, 0.25) is 5.88 Å². The van der Waals surface area contributed by atoms with Crippen LogP contribution in [0, 0.1) is 13.8 Å². The van der Waals surface area contributed by atoms with Crippen LogP contribution in [-0.2, 0) is 21.4 Å². The molecule has 2 aromatic heterocycles. The Balaban J connectivity index is 1.73. The van der Waals surface area contributed by atoms with Crippen molar-refractivity contribution in [1.82, 2.24) is 20.4 Å². The number of hydrogen-bond acceptors (Lipinski definition) is 8. The number of nitrogens with one attached hydrogen (secondary N) is 1. The lowest BCUT2D eigenvalue weighted by Gasteiger charge is -2.19. The van der Waals surface area contributed by atoms with Crippen molar-refractivity contribution in [3.05, 3.63) is 58.4 Å². The zero-order valence-corrected chi connectivity index (χ0v) is 21.2. The number of benzene rings is 1. The SMILES string of the molecule is Cc1cc(C2(C(F)(F)F)CC2)nnc1Oc1nnc(C(F)(F)F)c(C)c1C(=O)Nc1cccc(S(C)(=O)=O)c1. The predicted molar refractivity (Wildman–Crippen MR) is 123 cm³/mol. The maximum absolute atomic E-state index is 13.5. The van der Waals surface area contributed by atoms with Crippen LogP contribution < -0.4 is 10.1 Å². The van der Waals surface area contributed by atoms with E-state index in [4.69, 9.17) is 4.74 Å². The Morgan fingerprint density at radius 2 is 1.62 bits per heavy atom. The Morgan fingerprint density at radius 3 is 2.15 bits per heavy atom. The van der Waals surface area contributed by atoms with Gasteiger partial charge >= 0.3 is 12.4 Å². The molecule has 1 N–H and O–H groups in total. The summed E-state index contributed by atoms with van der Waals surface area (Å²) >= 11 is 0. The maximum atomic E-state index is 13.5. The van der Waals surface area contributed by atoms with Crippen LogP contribution in [0.3, 0.4) is 0 Å². The zero-order valence-electron chi connectivity index (χ0n) is 20.4. The number of carbonyl (C=O) groups excluding carboxylic acids is 1. The molecule has 1 aromatic carbocycles. The summed E-state index contributed by atoms with van der Waals surface area (Å²) < 4.78 is 110. The quantitative estimate of drug-likeness (QED) is 0.410. The van der Waals surface area contributed by atoms with Crippen molar-refractivity contribution in [2.75, 3.05) is 11.6 Å². The molecule has 1 aliphatic carbocycles. The van der Waals surface area contributed by atoms with E-state index in [1.807, 2.05) is 0 Å².